The molecule has 1 aromatic carbocycles. The summed E-state index contributed by atoms with van der Waals surface area (Å²) < 4.78 is 0. The molecular weight excluding hydrogens is 176 g/mol. The summed E-state index contributed by atoms with van der Waals surface area (Å²) in [6.45, 7) is 1.78. The van der Waals surface area contributed by atoms with E-state index in [1.807, 2.05) is 6.07 Å². The maximum atomic E-state index is 9.68. The highest BCUT2D eigenvalue weighted by Crippen LogP contribution is 2.33. The monoisotopic (exact) mass is 192 g/mol. The number of fused-ring (bicyclic) bond motifs is 1. The molecule has 0 aliphatic heterocycles. The zero-order valence-electron chi connectivity index (χ0n) is 8.45. The van der Waals surface area contributed by atoms with Crippen molar-refractivity contribution in [2.45, 2.75) is 38.7 Å². The molecule has 1 aromatic rings. The van der Waals surface area contributed by atoms with E-state index in [9.17, 15) is 10.2 Å². The minimum absolute atomic E-state index is 0.393. The predicted octanol–water partition coefficient (Wildman–Crippen LogP) is 2.32. The first-order valence-electron chi connectivity index (χ1n) is 5.22. The van der Waals surface area contributed by atoms with Gasteiger partial charge in [0.1, 0.15) is 5.75 Å². The van der Waals surface area contributed by atoms with Gasteiger partial charge >= 0.3 is 0 Å². The Labute approximate surface area is 84.2 Å². The Bertz CT molecular complexity index is 342. The number of aliphatic hydroxyl groups is 1. The molecule has 0 amide bonds. The van der Waals surface area contributed by atoms with Gasteiger partial charge in [-0.25, -0.2) is 0 Å². The number of benzene rings is 1. The van der Waals surface area contributed by atoms with E-state index in [0.29, 0.717) is 5.75 Å². The lowest BCUT2D eigenvalue weighted by Gasteiger charge is -2.21. The molecule has 0 fully saturated rings. The third-order valence-corrected chi connectivity index (χ3v) is 3.00. The van der Waals surface area contributed by atoms with E-state index in [2.05, 4.69) is 0 Å². The van der Waals surface area contributed by atoms with Crippen LogP contribution >= 0.6 is 0 Å². The molecule has 0 saturated heterocycles. The lowest BCUT2D eigenvalue weighted by molar-refractivity contribution is 0.197. The second kappa shape index (κ2) is 3.62. The minimum Gasteiger partial charge on any atom is -0.508 e. The molecule has 2 N–H and O–H groups in total. The normalized spacial score (nSPS) is 17.6. The van der Waals surface area contributed by atoms with Crippen molar-refractivity contribution in [1.82, 2.24) is 0 Å². The topological polar surface area (TPSA) is 40.5 Å². The van der Waals surface area contributed by atoms with Gasteiger partial charge in [0.05, 0.1) is 6.10 Å². The zero-order valence-corrected chi connectivity index (χ0v) is 8.45. The summed E-state index contributed by atoms with van der Waals surface area (Å²) in [6.07, 6.45) is 3.81. The highest BCUT2D eigenvalue weighted by molar-refractivity contribution is 5.46. The summed E-state index contributed by atoms with van der Waals surface area (Å²) in [6, 6.07) is 3.54. The summed E-state index contributed by atoms with van der Waals surface area (Å²) >= 11 is 0. The number of rotatable bonds is 1. The van der Waals surface area contributed by atoms with Gasteiger partial charge in [-0.05, 0) is 55.4 Å². The first-order chi connectivity index (χ1) is 6.70. The Morgan fingerprint density at radius 3 is 2.43 bits per heavy atom. The van der Waals surface area contributed by atoms with Crippen LogP contribution in [0.1, 0.15) is 42.6 Å². The Balaban J connectivity index is 2.53. The van der Waals surface area contributed by atoms with Crippen LogP contribution in [0.5, 0.6) is 5.75 Å². The van der Waals surface area contributed by atoms with E-state index < -0.39 is 6.10 Å². The molecule has 0 aromatic heterocycles. The number of phenols is 1. The predicted molar refractivity (Wildman–Crippen MR) is 55.4 cm³/mol. The van der Waals surface area contributed by atoms with Crippen LogP contribution in [0.25, 0.3) is 0 Å². The van der Waals surface area contributed by atoms with Crippen LogP contribution in [0, 0.1) is 0 Å². The van der Waals surface area contributed by atoms with Crippen molar-refractivity contribution in [3.63, 3.8) is 0 Å². The Kier molecular flexibility index (Phi) is 2.46. The molecule has 1 atom stereocenters. The van der Waals surface area contributed by atoms with E-state index in [1.54, 1.807) is 13.0 Å². The molecule has 0 bridgehead atoms. The van der Waals surface area contributed by atoms with Crippen LogP contribution in [0.15, 0.2) is 12.1 Å². The van der Waals surface area contributed by atoms with Crippen molar-refractivity contribution < 1.29 is 10.2 Å². The number of aromatic hydroxyl groups is 1. The van der Waals surface area contributed by atoms with Crippen molar-refractivity contribution in [3.8, 4) is 5.75 Å². The SMILES string of the molecule is CC(O)c1ccc(O)c2c1CCCC2. The Morgan fingerprint density at radius 1 is 1.14 bits per heavy atom. The third kappa shape index (κ3) is 1.50. The van der Waals surface area contributed by atoms with Crippen molar-refractivity contribution in [1.29, 1.82) is 0 Å². The molecular formula is C12H16O2. The van der Waals surface area contributed by atoms with E-state index in [-0.39, 0.29) is 0 Å². The standard InChI is InChI=1S/C12H16O2/c1-8(13)9-6-7-12(14)11-5-3-2-4-10(9)11/h6-8,13-14H,2-5H2,1H3. The summed E-state index contributed by atoms with van der Waals surface area (Å²) in [4.78, 5) is 0. The Hall–Kier alpha value is -1.02. The van der Waals surface area contributed by atoms with Crippen LogP contribution < -0.4 is 0 Å². The van der Waals surface area contributed by atoms with Crippen LogP contribution in [-0.2, 0) is 12.8 Å². The van der Waals surface area contributed by atoms with Gasteiger partial charge in [0, 0.05) is 0 Å². The molecule has 1 aliphatic rings. The number of phenolic OH excluding ortho intramolecular Hbond substituents is 1. The van der Waals surface area contributed by atoms with Gasteiger partial charge in [-0.15, -0.1) is 0 Å². The van der Waals surface area contributed by atoms with Gasteiger partial charge in [-0.1, -0.05) is 6.07 Å². The number of aliphatic hydroxyl groups excluding tert-OH is 1. The molecule has 0 heterocycles. The molecule has 2 heteroatoms. The molecule has 0 radical (unpaired) electrons. The average Bonchev–Trinajstić information content (AvgIpc) is 2.18. The van der Waals surface area contributed by atoms with Crippen molar-refractivity contribution >= 4 is 0 Å². The van der Waals surface area contributed by atoms with Crippen molar-refractivity contribution in [2.75, 3.05) is 0 Å². The third-order valence-electron chi connectivity index (χ3n) is 3.00. The number of hydrogen-bond donors (Lipinski definition) is 2. The smallest absolute Gasteiger partial charge is 0.119 e. The molecule has 1 unspecified atom stereocenters. The Morgan fingerprint density at radius 2 is 1.79 bits per heavy atom. The van der Waals surface area contributed by atoms with Crippen molar-refractivity contribution in [3.05, 3.63) is 28.8 Å². The van der Waals surface area contributed by atoms with Gasteiger partial charge in [0.15, 0.2) is 0 Å². The van der Waals surface area contributed by atoms with Crippen LogP contribution in [0.2, 0.25) is 0 Å². The van der Waals surface area contributed by atoms with Crippen LogP contribution in [-0.4, -0.2) is 10.2 Å². The lowest BCUT2D eigenvalue weighted by Crippen LogP contribution is -2.08. The summed E-state index contributed by atoms with van der Waals surface area (Å²) in [5, 5.41) is 19.3. The maximum absolute atomic E-state index is 9.68. The van der Waals surface area contributed by atoms with Gasteiger partial charge in [0.2, 0.25) is 0 Å². The zero-order chi connectivity index (χ0) is 10.1. The second-order valence-electron chi connectivity index (χ2n) is 4.01. The fourth-order valence-electron chi connectivity index (χ4n) is 2.27. The van der Waals surface area contributed by atoms with Gasteiger partial charge in [0.25, 0.3) is 0 Å². The maximum Gasteiger partial charge on any atom is 0.119 e. The first-order valence-corrected chi connectivity index (χ1v) is 5.22. The highest BCUT2D eigenvalue weighted by Gasteiger charge is 2.18. The summed E-state index contributed by atoms with van der Waals surface area (Å²) in [5.41, 5.74) is 3.21. The second-order valence-corrected chi connectivity index (χ2v) is 4.01. The van der Waals surface area contributed by atoms with Crippen molar-refractivity contribution in [2.24, 2.45) is 0 Å². The van der Waals surface area contributed by atoms with Crippen LogP contribution in [0.3, 0.4) is 0 Å². The average molecular weight is 192 g/mol. The minimum atomic E-state index is -0.428. The molecule has 14 heavy (non-hydrogen) atoms. The molecule has 0 saturated carbocycles. The van der Waals surface area contributed by atoms with E-state index >= 15 is 0 Å². The molecule has 1 aliphatic carbocycles. The fraction of sp³-hybridized carbons (Fsp3) is 0.500. The summed E-state index contributed by atoms with van der Waals surface area (Å²) in [5.74, 6) is 0.393. The van der Waals surface area contributed by atoms with E-state index in [1.165, 1.54) is 5.56 Å². The number of hydrogen-bond acceptors (Lipinski definition) is 2. The highest BCUT2D eigenvalue weighted by atomic mass is 16.3. The molecule has 2 rings (SSSR count). The van der Waals surface area contributed by atoms with Gasteiger partial charge < -0.3 is 10.2 Å². The van der Waals surface area contributed by atoms with E-state index in [4.69, 9.17) is 0 Å². The molecule has 0 spiro atoms. The first kappa shape index (κ1) is 9.53. The lowest BCUT2D eigenvalue weighted by atomic mass is 9.86. The summed E-state index contributed by atoms with van der Waals surface area (Å²) in [7, 11) is 0. The molecule has 76 valence electrons. The van der Waals surface area contributed by atoms with Gasteiger partial charge in [-0.3, -0.25) is 0 Å². The molecule has 2 nitrogen and oxygen atoms in total. The van der Waals surface area contributed by atoms with E-state index in [0.717, 1.165) is 36.8 Å². The largest absolute Gasteiger partial charge is 0.508 e. The quantitative estimate of drug-likeness (QED) is 0.717. The van der Waals surface area contributed by atoms with Gasteiger partial charge in [-0.2, -0.15) is 0 Å². The fourth-order valence-corrected chi connectivity index (χ4v) is 2.27. The van der Waals surface area contributed by atoms with Crippen LogP contribution in [0.4, 0.5) is 0 Å².